The Bertz CT molecular complexity index is 424. The van der Waals surface area contributed by atoms with E-state index in [0.29, 0.717) is 18.2 Å². The van der Waals surface area contributed by atoms with E-state index < -0.39 is 0 Å². The van der Waals surface area contributed by atoms with Crippen LogP contribution in [0.5, 0.6) is 0 Å². The lowest BCUT2D eigenvalue weighted by atomic mass is 9.88. The van der Waals surface area contributed by atoms with Gasteiger partial charge in [0.1, 0.15) is 5.82 Å². The van der Waals surface area contributed by atoms with Crippen LogP contribution in [0.1, 0.15) is 27.7 Å². The average molecular weight is 295 g/mol. The predicted molar refractivity (Wildman–Crippen MR) is 90.1 cm³/mol. The zero-order chi connectivity index (χ0) is 15.2. The van der Waals surface area contributed by atoms with Gasteiger partial charge < -0.3 is 21.7 Å². The van der Waals surface area contributed by atoms with E-state index in [1.54, 1.807) is 6.20 Å². The SMILES string of the molecule is C[C@H](NC(=S)Nc1ccc(NCCN)nc1)C(C)(C)C. The number of hydrogen-bond acceptors (Lipinski definition) is 4. The number of anilines is 2. The Labute approximate surface area is 126 Å². The van der Waals surface area contributed by atoms with Crippen LogP contribution in [0.2, 0.25) is 0 Å². The minimum atomic E-state index is 0.153. The first-order chi connectivity index (χ1) is 9.32. The highest BCUT2D eigenvalue weighted by Gasteiger charge is 2.20. The molecule has 1 atom stereocenters. The van der Waals surface area contributed by atoms with E-state index in [2.05, 4.69) is 48.6 Å². The van der Waals surface area contributed by atoms with Crippen LogP contribution in [0, 0.1) is 5.41 Å². The molecule has 0 unspecified atom stereocenters. The van der Waals surface area contributed by atoms with Crippen molar-refractivity contribution in [3.05, 3.63) is 18.3 Å². The molecule has 0 saturated carbocycles. The molecule has 1 rings (SSSR count). The molecule has 0 spiro atoms. The molecule has 6 heteroatoms. The van der Waals surface area contributed by atoms with E-state index in [4.69, 9.17) is 18.0 Å². The van der Waals surface area contributed by atoms with Crippen molar-refractivity contribution in [3.63, 3.8) is 0 Å². The van der Waals surface area contributed by atoms with E-state index in [0.717, 1.165) is 11.5 Å². The molecular weight excluding hydrogens is 270 g/mol. The van der Waals surface area contributed by atoms with Gasteiger partial charge in [-0.25, -0.2) is 4.98 Å². The van der Waals surface area contributed by atoms with Gasteiger partial charge in [-0.1, -0.05) is 20.8 Å². The zero-order valence-corrected chi connectivity index (χ0v) is 13.5. The van der Waals surface area contributed by atoms with Gasteiger partial charge in [0, 0.05) is 19.1 Å². The number of nitrogens with one attached hydrogen (secondary N) is 3. The van der Waals surface area contributed by atoms with Gasteiger partial charge in [-0.3, -0.25) is 0 Å². The molecule has 0 aliphatic rings. The second-order valence-electron chi connectivity index (χ2n) is 5.83. The molecule has 1 aromatic rings. The van der Waals surface area contributed by atoms with Gasteiger partial charge in [0.25, 0.3) is 0 Å². The van der Waals surface area contributed by atoms with Crippen LogP contribution in [0.3, 0.4) is 0 Å². The van der Waals surface area contributed by atoms with Crippen molar-refractivity contribution >= 4 is 28.8 Å². The maximum Gasteiger partial charge on any atom is 0.171 e. The van der Waals surface area contributed by atoms with Crippen molar-refractivity contribution in [1.82, 2.24) is 10.3 Å². The molecule has 1 heterocycles. The number of pyridine rings is 1. The molecule has 0 aliphatic heterocycles. The van der Waals surface area contributed by atoms with Crippen molar-refractivity contribution in [2.75, 3.05) is 23.7 Å². The maximum absolute atomic E-state index is 5.43. The van der Waals surface area contributed by atoms with Gasteiger partial charge in [-0.2, -0.15) is 0 Å². The summed E-state index contributed by atoms with van der Waals surface area (Å²) in [6.07, 6.45) is 1.74. The van der Waals surface area contributed by atoms with Crippen LogP contribution in [-0.4, -0.2) is 29.2 Å². The monoisotopic (exact) mass is 295 g/mol. The number of nitrogens with zero attached hydrogens (tertiary/aromatic N) is 1. The molecule has 5 nitrogen and oxygen atoms in total. The second kappa shape index (κ2) is 7.40. The number of nitrogens with two attached hydrogens (primary N) is 1. The minimum absolute atomic E-state index is 0.153. The molecule has 112 valence electrons. The number of aromatic nitrogens is 1. The third-order valence-corrected chi connectivity index (χ3v) is 3.34. The quantitative estimate of drug-likeness (QED) is 0.624. The lowest BCUT2D eigenvalue weighted by molar-refractivity contribution is 0.317. The summed E-state index contributed by atoms with van der Waals surface area (Å²) in [7, 11) is 0. The van der Waals surface area contributed by atoms with E-state index in [9.17, 15) is 0 Å². The molecular formula is C14H25N5S. The molecule has 0 amide bonds. The summed E-state index contributed by atoms with van der Waals surface area (Å²) >= 11 is 5.30. The summed E-state index contributed by atoms with van der Waals surface area (Å²) in [5.74, 6) is 0.808. The van der Waals surface area contributed by atoms with E-state index in [1.165, 1.54) is 0 Å². The summed E-state index contributed by atoms with van der Waals surface area (Å²) in [6, 6.07) is 4.11. The van der Waals surface area contributed by atoms with E-state index in [-0.39, 0.29) is 11.5 Å². The van der Waals surface area contributed by atoms with Gasteiger partial charge in [0.05, 0.1) is 11.9 Å². The summed E-state index contributed by atoms with van der Waals surface area (Å²) in [5.41, 5.74) is 6.44. The Kier molecular flexibility index (Phi) is 6.16. The number of thiocarbonyl (C=S) groups is 1. The smallest absolute Gasteiger partial charge is 0.171 e. The lowest BCUT2D eigenvalue weighted by Gasteiger charge is -2.29. The molecule has 0 aliphatic carbocycles. The van der Waals surface area contributed by atoms with Crippen LogP contribution in [0.15, 0.2) is 18.3 Å². The lowest BCUT2D eigenvalue weighted by Crippen LogP contribution is -2.43. The second-order valence-corrected chi connectivity index (χ2v) is 6.24. The van der Waals surface area contributed by atoms with Gasteiger partial charge in [0.2, 0.25) is 0 Å². The third kappa shape index (κ3) is 5.71. The fourth-order valence-corrected chi connectivity index (χ4v) is 1.65. The Balaban J connectivity index is 2.50. The fourth-order valence-electron chi connectivity index (χ4n) is 1.35. The molecule has 20 heavy (non-hydrogen) atoms. The molecule has 5 N–H and O–H groups in total. The van der Waals surface area contributed by atoms with Gasteiger partial charge in [0.15, 0.2) is 5.11 Å². The first-order valence-corrected chi connectivity index (χ1v) is 7.21. The standard InChI is InChI=1S/C14H25N5S/c1-10(14(2,3)4)18-13(20)19-11-5-6-12(17-9-11)16-8-7-15/h5-6,9-10H,7-8,15H2,1-4H3,(H,16,17)(H2,18,19,20)/t10-/m0/s1. The van der Waals surface area contributed by atoms with Crippen LogP contribution < -0.4 is 21.7 Å². The number of rotatable bonds is 5. The molecule has 0 radical (unpaired) electrons. The molecule has 0 fully saturated rings. The zero-order valence-electron chi connectivity index (χ0n) is 12.7. The van der Waals surface area contributed by atoms with Crippen LogP contribution in [0.4, 0.5) is 11.5 Å². The van der Waals surface area contributed by atoms with Gasteiger partial charge in [-0.15, -0.1) is 0 Å². The highest BCUT2D eigenvalue weighted by molar-refractivity contribution is 7.80. The molecule has 0 aromatic carbocycles. The molecule has 1 aromatic heterocycles. The molecule has 0 saturated heterocycles. The average Bonchev–Trinajstić information content (AvgIpc) is 2.36. The van der Waals surface area contributed by atoms with Gasteiger partial charge in [-0.05, 0) is 36.7 Å². The first-order valence-electron chi connectivity index (χ1n) is 6.80. The highest BCUT2D eigenvalue weighted by atomic mass is 32.1. The minimum Gasteiger partial charge on any atom is -0.369 e. The van der Waals surface area contributed by atoms with Crippen LogP contribution in [0.25, 0.3) is 0 Å². The fraction of sp³-hybridized carbons (Fsp3) is 0.571. The summed E-state index contributed by atoms with van der Waals surface area (Å²) in [4.78, 5) is 4.28. The largest absolute Gasteiger partial charge is 0.369 e. The van der Waals surface area contributed by atoms with E-state index in [1.807, 2.05) is 12.1 Å². The first kappa shape index (κ1) is 16.7. The highest BCUT2D eigenvalue weighted by Crippen LogP contribution is 2.18. The number of hydrogen-bond donors (Lipinski definition) is 4. The maximum atomic E-state index is 5.43. The van der Waals surface area contributed by atoms with Gasteiger partial charge >= 0.3 is 0 Å². The molecule has 0 bridgehead atoms. The summed E-state index contributed by atoms with van der Waals surface area (Å²) in [5, 5.41) is 10.1. The Morgan fingerprint density at radius 3 is 2.60 bits per heavy atom. The van der Waals surface area contributed by atoms with Crippen molar-refractivity contribution in [2.24, 2.45) is 11.1 Å². The Hall–Kier alpha value is -1.40. The summed E-state index contributed by atoms with van der Waals surface area (Å²) < 4.78 is 0. The Morgan fingerprint density at radius 1 is 1.40 bits per heavy atom. The van der Waals surface area contributed by atoms with Crippen molar-refractivity contribution in [3.8, 4) is 0 Å². The van der Waals surface area contributed by atoms with Crippen molar-refractivity contribution in [2.45, 2.75) is 33.7 Å². The Morgan fingerprint density at radius 2 is 2.10 bits per heavy atom. The van der Waals surface area contributed by atoms with Crippen molar-refractivity contribution in [1.29, 1.82) is 0 Å². The van der Waals surface area contributed by atoms with Crippen LogP contribution in [-0.2, 0) is 0 Å². The third-order valence-electron chi connectivity index (χ3n) is 3.12. The summed E-state index contributed by atoms with van der Waals surface area (Å²) in [6.45, 7) is 9.93. The predicted octanol–water partition coefficient (Wildman–Crippen LogP) is 2.17. The normalized spacial score (nSPS) is 12.7. The van der Waals surface area contributed by atoms with E-state index >= 15 is 0 Å². The topological polar surface area (TPSA) is 75.0 Å². The van der Waals surface area contributed by atoms with Crippen LogP contribution >= 0.6 is 12.2 Å². The van der Waals surface area contributed by atoms with Crippen molar-refractivity contribution < 1.29 is 0 Å².